The highest BCUT2D eigenvalue weighted by molar-refractivity contribution is 7.16. The van der Waals surface area contributed by atoms with Crippen molar-refractivity contribution in [3.8, 4) is 0 Å². The first kappa shape index (κ1) is 18.7. The summed E-state index contributed by atoms with van der Waals surface area (Å²) in [7, 11) is 0. The van der Waals surface area contributed by atoms with Gasteiger partial charge in [0.2, 0.25) is 4.96 Å². The number of nitrogens with zero attached hydrogens (tertiary/aromatic N) is 4. The lowest BCUT2D eigenvalue weighted by atomic mass is 10.1. The Morgan fingerprint density at radius 2 is 1.85 bits per heavy atom. The Bertz CT molecular complexity index is 914. The lowest BCUT2D eigenvalue weighted by Crippen LogP contribution is -2.28. The Labute approximate surface area is 158 Å². The van der Waals surface area contributed by atoms with Gasteiger partial charge in [0.05, 0.1) is 5.69 Å². The summed E-state index contributed by atoms with van der Waals surface area (Å²) in [5.74, 6) is 0.833. The summed E-state index contributed by atoms with van der Waals surface area (Å²) in [6.07, 6.45) is 0. The van der Waals surface area contributed by atoms with Crippen molar-refractivity contribution < 1.29 is 0 Å². The maximum Gasteiger partial charge on any atom is 0.275 e. The van der Waals surface area contributed by atoms with Gasteiger partial charge in [0.1, 0.15) is 5.01 Å². The van der Waals surface area contributed by atoms with Crippen LogP contribution < -0.4 is 5.56 Å². The van der Waals surface area contributed by atoms with Crippen LogP contribution in [0.25, 0.3) is 4.96 Å². The lowest BCUT2D eigenvalue weighted by molar-refractivity contribution is 0.225. The van der Waals surface area contributed by atoms with Gasteiger partial charge < -0.3 is 0 Å². The molecule has 3 aromatic rings. The number of hydrogen-bond donors (Lipinski definition) is 0. The quantitative estimate of drug-likeness (QED) is 0.632. The van der Waals surface area contributed by atoms with Crippen molar-refractivity contribution in [2.75, 3.05) is 6.54 Å². The predicted molar refractivity (Wildman–Crippen MR) is 107 cm³/mol. The largest absolute Gasteiger partial charge is 0.293 e. The van der Waals surface area contributed by atoms with Crippen LogP contribution >= 0.6 is 11.3 Å². The third-order valence-corrected chi connectivity index (χ3v) is 5.27. The van der Waals surface area contributed by atoms with Crippen LogP contribution in [-0.2, 0) is 13.1 Å². The molecule has 0 aliphatic carbocycles. The summed E-state index contributed by atoms with van der Waals surface area (Å²) in [5.41, 5.74) is 1.98. The number of fused-ring (bicyclic) bond motifs is 1. The Balaban J connectivity index is 1.86. The first-order valence-corrected chi connectivity index (χ1v) is 9.90. The van der Waals surface area contributed by atoms with E-state index in [0.717, 1.165) is 23.8 Å². The van der Waals surface area contributed by atoms with E-state index < -0.39 is 0 Å². The molecule has 1 aromatic carbocycles. The highest BCUT2D eigenvalue weighted by atomic mass is 32.1. The molecule has 0 N–H and O–H groups in total. The molecule has 2 aromatic heterocycles. The van der Waals surface area contributed by atoms with E-state index >= 15 is 0 Å². The van der Waals surface area contributed by atoms with Gasteiger partial charge in [-0.05, 0) is 11.5 Å². The molecule has 5 nitrogen and oxygen atoms in total. The minimum Gasteiger partial charge on any atom is -0.293 e. The second-order valence-electron chi connectivity index (χ2n) is 7.42. The molecule has 2 heterocycles. The molecule has 0 amide bonds. The topological polar surface area (TPSA) is 50.5 Å². The fourth-order valence-corrected chi connectivity index (χ4v) is 3.88. The van der Waals surface area contributed by atoms with Crippen LogP contribution in [0.5, 0.6) is 0 Å². The van der Waals surface area contributed by atoms with Crippen LogP contribution in [0.15, 0.2) is 41.2 Å². The average Bonchev–Trinajstić information content (AvgIpc) is 3.00. The van der Waals surface area contributed by atoms with E-state index in [4.69, 9.17) is 4.98 Å². The lowest BCUT2D eigenvalue weighted by Gasteiger charge is -2.24. The fraction of sp³-hybridized carbons (Fsp3) is 0.450. The van der Waals surface area contributed by atoms with E-state index in [1.54, 1.807) is 6.07 Å². The van der Waals surface area contributed by atoms with Gasteiger partial charge in [0, 0.05) is 31.6 Å². The van der Waals surface area contributed by atoms with Gasteiger partial charge in [-0.15, -0.1) is 0 Å². The molecule has 0 atom stereocenters. The number of aromatic nitrogens is 3. The van der Waals surface area contributed by atoms with Gasteiger partial charge >= 0.3 is 0 Å². The van der Waals surface area contributed by atoms with Gasteiger partial charge in [0.25, 0.3) is 5.56 Å². The first-order valence-electron chi connectivity index (χ1n) is 9.08. The van der Waals surface area contributed by atoms with Crippen LogP contribution in [0, 0.1) is 5.92 Å². The Morgan fingerprint density at radius 1 is 1.12 bits per heavy atom. The molecule has 138 valence electrons. The van der Waals surface area contributed by atoms with Crippen molar-refractivity contribution in [3.63, 3.8) is 0 Å². The van der Waals surface area contributed by atoms with Crippen LogP contribution in [-0.4, -0.2) is 26.0 Å². The van der Waals surface area contributed by atoms with E-state index in [0.29, 0.717) is 23.3 Å². The minimum absolute atomic E-state index is 0.0997. The van der Waals surface area contributed by atoms with Crippen molar-refractivity contribution >= 4 is 16.3 Å². The van der Waals surface area contributed by atoms with Gasteiger partial charge in [-0.1, -0.05) is 69.4 Å². The second kappa shape index (κ2) is 8.10. The van der Waals surface area contributed by atoms with Crippen molar-refractivity contribution in [1.82, 2.24) is 19.5 Å². The first-order chi connectivity index (χ1) is 12.4. The van der Waals surface area contributed by atoms with Crippen molar-refractivity contribution in [2.45, 2.75) is 46.7 Å². The second-order valence-corrected chi connectivity index (χ2v) is 8.41. The summed E-state index contributed by atoms with van der Waals surface area (Å²) < 4.78 is 1.42. The number of rotatable bonds is 7. The maximum absolute atomic E-state index is 12.4. The normalized spacial score (nSPS) is 12.0. The molecule has 26 heavy (non-hydrogen) atoms. The molecule has 0 bridgehead atoms. The molecule has 0 radical (unpaired) electrons. The van der Waals surface area contributed by atoms with Crippen molar-refractivity contribution in [3.05, 3.63) is 63.0 Å². The number of hydrogen-bond acceptors (Lipinski definition) is 5. The molecular formula is C20H26N4OS. The number of benzene rings is 1. The van der Waals surface area contributed by atoms with Gasteiger partial charge in [0.15, 0.2) is 0 Å². The highest BCUT2D eigenvalue weighted by Crippen LogP contribution is 2.20. The molecule has 0 spiro atoms. The third-order valence-electron chi connectivity index (χ3n) is 4.07. The monoisotopic (exact) mass is 370 g/mol. The van der Waals surface area contributed by atoms with Gasteiger partial charge in [-0.3, -0.25) is 9.69 Å². The average molecular weight is 371 g/mol. The maximum atomic E-state index is 12.4. The fourth-order valence-electron chi connectivity index (χ4n) is 2.96. The van der Waals surface area contributed by atoms with E-state index in [2.05, 4.69) is 62.0 Å². The smallest absolute Gasteiger partial charge is 0.275 e. The van der Waals surface area contributed by atoms with E-state index in [1.165, 1.54) is 21.4 Å². The molecule has 0 aliphatic heterocycles. The third kappa shape index (κ3) is 4.56. The highest BCUT2D eigenvalue weighted by Gasteiger charge is 2.14. The summed E-state index contributed by atoms with van der Waals surface area (Å²) in [6.45, 7) is 11.0. The van der Waals surface area contributed by atoms with Gasteiger partial charge in [-0.2, -0.15) is 9.61 Å². The Kier molecular flexibility index (Phi) is 5.84. The van der Waals surface area contributed by atoms with Crippen molar-refractivity contribution in [2.24, 2.45) is 5.92 Å². The van der Waals surface area contributed by atoms with Crippen molar-refractivity contribution in [1.29, 1.82) is 0 Å². The standard InChI is InChI=1S/C20H26N4OS/c1-14(2)11-23(12-16-8-6-5-7-9-16)13-17-10-18(25)24-20(21-17)26-19(22-24)15(3)4/h5-10,14-15H,11-13H2,1-4H3. The van der Waals surface area contributed by atoms with E-state index in [1.807, 2.05) is 6.07 Å². The van der Waals surface area contributed by atoms with Crippen LogP contribution in [0.1, 0.15) is 49.9 Å². The molecule has 0 unspecified atom stereocenters. The molecular weight excluding hydrogens is 344 g/mol. The zero-order chi connectivity index (χ0) is 18.7. The molecule has 0 fully saturated rings. The summed E-state index contributed by atoms with van der Waals surface area (Å²) in [5, 5.41) is 5.33. The van der Waals surface area contributed by atoms with Crippen LogP contribution in [0.3, 0.4) is 0 Å². The Morgan fingerprint density at radius 3 is 2.50 bits per heavy atom. The zero-order valence-corrected chi connectivity index (χ0v) is 16.7. The minimum atomic E-state index is -0.0997. The zero-order valence-electron chi connectivity index (χ0n) is 15.8. The summed E-state index contributed by atoms with van der Waals surface area (Å²) >= 11 is 1.50. The molecule has 0 aliphatic rings. The Hall–Kier alpha value is -2.05. The van der Waals surface area contributed by atoms with Crippen LogP contribution in [0.2, 0.25) is 0 Å². The van der Waals surface area contributed by atoms with E-state index in [9.17, 15) is 4.79 Å². The summed E-state index contributed by atoms with van der Waals surface area (Å²) in [4.78, 5) is 20.2. The molecule has 0 saturated carbocycles. The summed E-state index contributed by atoms with van der Waals surface area (Å²) in [6, 6.07) is 12.0. The predicted octanol–water partition coefficient (Wildman–Crippen LogP) is 3.93. The molecule has 3 rings (SSSR count). The molecule has 0 saturated heterocycles. The molecule has 6 heteroatoms. The van der Waals surface area contributed by atoms with Crippen LogP contribution in [0.4, 0.5) is 0 Å². The van der Waals surface area contributed by atoms with Gasteiger partial charge in [-0.25, -0.2) is 4.98 Å². The SMILES string of the molecule is CC(C)CN(Cc1ccccc1)Cc1cc(=O)n2nc(C(C)C)sc2n1. The van der Waals surface area contributed by atoms with E-state index in [-0.39, 0.29) is 5.56 Å².